The maximum Gasteiger partial charge on any atom is 0.270 e. The summed E-state index contributed by atoms with van der Waals surface area (Å²) in [5, 5.41) is 0. The zero-order valence-corrected chi connectivity index (χ0v) is 15.5. The van der Waals surface area contributed by atoms with Crippen LogP contribution >= 0.6 is 0 Å². The number of rotatable bonds is 8. The van der Waals surface area contributed by atoms with Gasteiger partial charge in [-0.2, -0.15) is 0 Å². The summed E-state index contributed by atoms with van der Waals surface area (Å²) in [4.78, 5) is 14.4. The lowest BCUT2D eigenvalue weighted by Gasteiger charge is -2.36. The fourth-order valence-corrected chi connectivity index (χ4v) is 4.30. The normalized spacial score (nSPS) is 17.3. The van der Waals surface area contributed by atoms with Gasteiger partial charge in [0.1, 0.15) is 5.69 Å². The van der Waals surface area contributed by atoms with Crippen molar-refractivity contribution < 1.29 is 17.9 Å². The van der Waals surface area contributed by atoms with E-state index in [9.17, 15) is 13.2 Å². The van der Waals surface area contributed by atoms with Crippen LogP contribution in [0, 0.1) is 0 Å². The number of hydrogen-bond donors (Lipinski definition) is 1. The lowest BCUT2D eigenvalue weighted by atomic mass is 10.1. The van der Waals surface area contributed by atoms with Crippen LogP contribution in [0.15, 0.2) is 48.7 Å². The first-order valence-electron chi connectivity index (χ1n) is 8.46. The maximum absolute atomic E-state index is 12.7. The van der Waals surface area contributed by atoms with Gasteiger partial charge in [0.05, 0.1) is 18.4 Å². The molecule has 8 heteroatoms. The van der Waals surface area contributed by atoms with E-state index in [0.29, 0.717) is 25.4 Å². The fourth-order valence-electron chi connectivity index (χ4n) is 3.12. The van der Waals surface area contributed by atoms with Crippen molar-refractivity contribution in [2.45, 2.75) is 18.3 Å². The lowest BCUT2D eigenvalue weighted by molar-refractivity contribution is 0.0518. The molecule has 2 aromatic rings. The Balaban J connectivity index is 1.69. The molecule has 2 heterocycles. The number of fused-ring (bicyclic) bond motifs is 1. The lowest BCUT2D eigenvalue weighted by Crippen LogP contribution is -2.53. The Morgan fingerprint density at radius 3 is 2.69 bits per heavy atom. The third kappa shape index (κ3) is 4.32. The highest BCUT2D eigenvalue weighted by atomic mass is 32.2. The van der Waals surface area contributed by atoms with E-state index in [2.05, 4.69) is 4.72 Å². The largest absolute Gasteiger partial charge is 0.383 e. The van der Waals surface area contributed by atoms with Crippen molar-refractivity contribution >= 4 is 15.9 Å². The van der Waals surface area contributed by atoms with Gasteiger partial charge in [-0.1, -0.05) is 30.3 Å². The molecule has 0 saturated heterocycles. The van der Waals surface area contributed by atoms with Gasteiger partial charge in [-0.25, -0.2) is 13.1 Å². The second-order valence-electron chi connectivity index (χ2n) is 6.28. The van der Waals surface area contributed by atoms with Gasteiger partial charge in [0.2, 0.25) is 10.0 Å². The van der Waals surface area contributed by atoms with Crippen molar-refractivity contribution in [2.75, 3.05) is 26.8 Å². The molecule has 0 spiro atoms. The summed E-state index contributed by atoms with van der Waals surface area (Å²) >= 11 is 0. The van der Waals surface area contributed by atoms with Crippen LogP contribution in [0.3, 0.4) is 0 Å². The molecule has 1 amide bonds. The van der Waals surface area contributed by atoms with Crippen LogP contribution in [0.2, 0.25) is 0 Å². The molecule has 0 bridgehead atoms. The molecular weight excluding hydrogens is 354 g/mol. The number of carbonyl (C=O) groups is 1. The molecule has 1 N–H and O–H groups in total. The molecule has 1 unspecified atom stereocenters. The van der Waals surface area contributed by atoms with Crippen LogP contribution in [0.1, 0.15) is 16.1 Å². The quantitative estimate of drug-likeness (QED) is 0.746. The van der Waals surface area contributed by atoms with Crippen LogP contribution in [-0.4, -0.2) is 56.6 Å². The molecule has 1 aromatic carbocycles. The molecule has 1 aliphatic heterocycles. The smallest absolute Gasteiger partial charge is 0.270 e. The minimum absolute atomic E-state index is 0.0820. The highest BCUT2D eigenvalue weighted by Gasteiger charge is 2.32. The summed E-state index contributed by atoms with van der Waals surface area (Å²) in [6.45, 7) is 1.54. The van der Waals surface area contributed by atoms with E-state index in [4.69, 9.17) is 4.74 Å². The van der Waals surface area contributed by atoms with E-state index < -0.39 is 10.0 Å². The van der Waals surface area contributed by atoms with Gasteiger partial charge in [0.25, 0.3) is 5.91 Å². The van der Waals surface area contributed by atoms with Crippen molar-refractivity contribution in [3.05, 3.63) is 59.9 Å². The SMILES string of the molecule is COCCN1C(=O)c2cccn2CC1CNS(=O)(=O)Cc1ccccc1. The van der Waals surface area contributed by atoms with Crippen LogP contribution in [0.5, 0.6) is 0 Å². The first-order valence-corrected chi connectivity index (χ1v) is 10.1. The van der Waals surface area contributed by atoms with Crippen LogP contribution < -0.4 is 4.72 Å². The number of methoxy groups -OCH3 is 1. The highest BCUT2D eigenvalue weighted by Crippen LogP contribution is 2.18. The molecular formula is C18H23N3O4S. The number of nitrogens with one attached hydrogen (secondary N) is 1. The number of carbonyl (C=O) groups excluding carboxylic acids is 1. The Bertz CT molecular complexity index is 848. The van der Waals surface area contributed by atoms with Crippen LogP contribution in [0.25, 0.3) is 0 Å². The molecule has 1 aromatic heterocycles. The predicted octanol–water partition coefficient (Wildman–Crippen LogP) is 1.08. The second kappa shape index (κ2) is 8.03. The minimum atomic E-state index is -3.49. The summed E-state index contributed by atoms with van der Waals surface area (Å²) < 4.78 is 34.4. The average Bonchev–Trinajstić information content (AvgIpc) is 3.09. The van der Waals surface area contributed by atoms with Crippen molar-refractivity contribution in [2.24, 2.45) is 0 Å². The monoisotopic (exact) mass is 377 g/mol. The van der Waals surface area contributed by atoms with E-state index in [1.165, 1.54) is 0 Å². The number of ether oxygens (including phenoxy) is 1. The molecule has 26 heavy (non-hydrogen) atoms. The zero-order valence-electron chi connectivity index (χ0n) is 14.7. The fraction of sp³-hybridized carbons (Fsp3) is 0.389. The molecule has 0 fully saturated rings. The van der Waals surface area contributed by atoms with Crippen molar-refractivity contribution in [3.8, 4) is 0 Å². The Kier molecular flexibility index (Phi) is 5.75. The van der Waals surface area contributed by atoms with E-state index in [1.807, 2.05) is 35.0 Å². The van der Waals surface area contributed by atoms with Crippen LogP contribution in [-0.2, 0) is 27.1 Å². The minimum Gasteiger partial charge on any atom is -0.383 e. The second-order valence-corrected chi connectivity index (χ2v) is 8.09. The van der Waals surface area contributed by atoms with Gasteiger partial charge in [-0.05, 0) is 17.7 Å². The molecule has 140 valence electrons. The van der Waals surface area contributed by atoms with E-state index >= 15 is 0 Å². The molecule has 1 aliphatic rings. The Hall–Kier alpha value is -2.16. The van der Waals surface area contributed by atoms with Crippen molar-refractivity contribution in [3.63, 3.8) is 0 Å². The summed E-state index contributed by atoms with van der Waals surface area (Å²) in [6.07, 6.45) is 1.84. The topological polar surface area (TPSA) is 80.6 Å². The molecule has 0 aliphatic carbocycles. The molecule has 7 nitrogen and oxygen atoms in total. The van der Waals surface area contributed by atoms with Gasteiger partial charge in [-0.15, -0.1) is 0 Å². The number of benzene rings is 1. The van der Waals surface area contributed by atoms with Crippen molar-refractivity contribution in [1.29, 1.82) is 0 Å². The Labute approximate surface area is 153 Å². The van der Waals surface area contributed by atoms with Crippen molar-refractivity contribution in [1.82, 2.24) is 14.2 Å². The standard InChI is InChI=1S/C18H23N3O4S/c1-25-11-10-21-16(13-20-9-5-8-17(20)18(21)22)12-19-26(23,24)14-15-6-3-2-4-7-15/h2-9,16,19H,10-14H2,1H3. The molecule has 0 saturated carbocycles. The van der Waals surface area contributed by atoms with Gasteiger partial charge in [-0.3, -0.25) is 4.79 Å². The third-order valence-corrected chi connectivity index (χ3v) is 5.75. The number of amides is 1. The summed E-state index contributed by atoms with van der Waals surface area (Å²) in [5.74, 6) is -0.188. The van der Waals surface area contributed by atoms with E-state index in [-0.39, 0.29) is 24.2 Å². The number of hydrogen-bond acceptors (Lipinski definition) is 4. The average molecular weight is 377 g/mol. The van der Waals surface area contributed by atoms with Gasteiger partial charge < -0.3 is 14.2 Å². The van der Waals surface area contributed by atoms with Crippen LogP contribution in [0.4, 0.5) is 0 Å². The summed E-state index contributed by atoms with van der Waals surface area (Å²) in [6, 6.07) is 12.4. The van der Waals surface area contributed by atoms with E-state index in [0.717, 1.165) is 5.56 Å². The summed E-state index contributed by atoms with van der Waals surface area (Å²) in [7, 11) is -1.91. The molecule has 1 atom stereocenters. The number of sulfonamides is 1. The molecule has 0 radical (unpaired) electrons. The van der Waals surface area contributed by atoms with Gasteiger partial charge >= 0.3 is 0 Å². The first-order chi connectivity index (χ1) is 12.5. The zero-order chi connectivity index (χ0) is 18.6. The number of aromatic nitrogens is 1. The molecule has 3 rings (SSSR count). The number of nitrogens with zero attached hydrogens (tertiary/aromatic N) is 2. The highest BCUT2D eigenvalue weighted by molar-refractivity contribution is 7.88. The van der Waals surface area contributed by atoms with Gasteiger partial charge in [0, 0.05) is 32.9 Å². The third-order valence-electron chi connectivity index (χ3n) is 4.43. The Morgan fingerprint density at radius 2 is 1.96 bits per heavy atom. The predicted molar refractivity (Wildman–Crippen MR) is 98.2 cm³/mol. The summed E-state index contributed by atoms with van der Waals surface area (Å²) in [5.41, 5.74) is 1.34. The van der Waals surface area contributed by atoms with Gasteiger partial charge in [0.15, 0.2) is 0 Å². The van der Waals surface area contributed by atoms with E-state index in [1.54, 1.807) is 30.2 Å². The first kappa shape index (κ1) is 18.6. The maximum atomic E-state index is 12.7. The Morgan fingerprint density at radius 1 is 1.19 bits per heavy atom.